The summed E-state index contributed by atoms with van der Waals surface area (Å²) in [5, 5.41) is 4.17. The Labute approximate surface area is 114 Å². The van der Waals surface area contributed by atoms with Crippen LogP contribution in [0.1, 0.15) is 18.9 Å². The summed E-state index contributed by atoms with van der Waals surface area (Å²) in [6.07, 6.45) is 4.38. The van der Waals surface area contributed by atoms with Crippen LogP contribution in [-0.4, -0.2) is 57.7 Å². The van der Waals surface area contributed by atoms with E-state index in [-0.39, 0.29) is 11.9 Å². The van der Waals surface area contributed by atoms with Crippen molar-refractivity contribution in [3.8, 4) is 0 Å². The molecule has 1 aromatic heterocycles. The molecule has 1 atom stereocenters. The first-order valence-electron chi connectivity index (χ1n) is 6.78. The number of amides is 1. The molecule has 1 aromatic rings. The molecule has 1 unspecified atom stereocenters. The monoisotopic (exact) mass is 265 g/mol. The molecule has 2 N–H and O–H groups in total. The van der Waals surface area contributed by atoms with Crippen molar-refractivity contribution in [1.82, 2.24) is 19.6 Å². The van der Waals surface area contributed by atoms with Crippen LogP contribution in [0.15, 0.2) is 12.4 Å². The molecule has 0 aliphatic carbocycles. The van der Waals surface area contributed by atoms with Gasteiger partial charge in [-0.2, -0.15) is 5.10 Å². The van der Waals surface area contributed by atoms with Gasteiger partial charge >= 0.3 is 0 Å². The highest BCUT2D eigenvalue weighted by atomic mass is 16.2. The fourth-order valence-electron chi connectivity index (χ4n) is 2.37. The zero-order chi connectivity index (χ0) is 13.8. The summed E-state index contributed by atoms with van der Waals surface area (Å²) in [5.74, 6) is 0.177. The number of hydrogen-bond acceptors (Lipinski definition) is 4. The topological polar surface area (TPSA) is 67.4 Å². The first-order valence-corrected chi connectivity index (χ1v) is 6.78. The summed E-state index contributed by atoms with van der Waals surface area (Å²) in [6, 6.07) is -0.0547. The third-order valence-corrected chi connectivity index (χ3v) is 3.39. The molecule has 0 bridgehead atoms. The molecule has 2 rings (SSSR count). The van der Waals surface area contributed by atoms with Crippen LogP contribution in [-0.2, 0) is 18.4 Å². The van der Waals surface area contributed by atoms with Gasteiger partial charge in [0.25, 0.3) is 0 Å². The third kappa shape index (κ3) is 4.04. The maximum Gasteiger partial charge on any atom is 0.224 e. The summed E-state index contributed by atoms with van der Waals surface area (Å²) in [6.45, 7) is 6.20. The fraction of sp³-hybridized carbons (Fsp3) is 0.692. The van der Waals surface area contributed by atoms with Gasteiger partial charge in [0.15, 0.2) is 0 Å². The molecular weight excluding hydrogens is 242 g/mol. The van der Waals surface area contributed by atoms with Gasteiger partial charge in [-0.15, -0.1) is 0 Å². The van der Waals surface area contributed by atoms with Crippen LogP contribution in [0.3, 0.4) is 0 Å². The first-order chi connectivity index (χ1) is 9.04. The van der Waals surface area contributed by atoms with E-state index >= 15 is 0 Å². The molecule has 1 aliphatic heterocycles. The van der Waals surface area contributed by atoms with E-state index in [9.17, 15) is 4.79 Å². The van der Waals surface area contributed by atoms with Crippen LogP contribution in [0.5, 0.6) is 0 Å². The largest absolute Gasteiger partial charge is 0.340 e. The number of piperazine rings is 1. The van der Waals surface area contributed by atoms with E-state index in [1.54, 1.807) is 0 Å². The normalized spacial score (nSPS) is 18.6. The van der Waals surface area contributed by atoms with Crippen LogP contribution in [0.4, 0.5) is 0 Å². The average molecular weight is 265 g/mol. The van der Waals surface area contributed by atoms with Gasteiger partial charge in [-0.3, -0.25) is 14.4 Å². The molecule has 1 aliphatic rings. The molecule has 1 saturated heterocycles. The minimum atomic E-state index is -0.0547. The predicted octanol–water partition coefficient (Wildman–Crippen LogP) is -0.198. The molecule has 19 heavy (non-hydrogen) atoms. The molecule has 106 valence electrons. The van der Waals surface area contributed by atoms with Crippen LogP contribution < -0.4 is 5.73 Å². The first kappa shape index (κ1) is 14.0. The summed E-state index contributed by atoms with van der Waals surface area (Å²) in [4.78, 5) is 16.2. The number of carbonyl (C=O) groups excluding carboxylic acids is 1. The van der Waals surface area contributed by atoms with Gasteiger partial charge in [-0.1, -0.05) is 0 Å². The van der Waals surface area contributed by atoms with E-state index in [0.717, 1.165) is 32.7 Å². The van der Waals surface area contributed by atoms with Crippen molar-refractivity contribution >= 4 is 5.91 Å². The summed E-state index contributed by atoms with van der Waals surface area (Å²) >= 11 is 0. The second-order valence-corrected chi connectivity index (χ2v) is 5.36. The van der Waals surface area contributed by atoms with Crippen molar-refractivity contribution in [2.45, 2.75) is 25.9 Å². The highest BCUT2D eigenvalue weighted by Crippen LogP contribution is 2.09. The van der Waals surface area contributed by atoms with Gasteiger partial charge in [0.1, 0.15) is 0 Å². The average Bonchev–Trinajstić information content (AvgIpc) is 2.75. The molecule has 0 saturated carbocycles. The van der Waals surface area contributed by atoms with Gasteiger partial charge in [0.05, 0.1) is 6.20 Å². The van der Waals surface area contributed by atoms with Crippen LogP contribution in [0, 0.1) is 0 Å². The molecule has 0 spiro atoms. The number of hydrogen-bond donors (Lipinski definition) is 1. The summed E-state index contributed by atoms with van der Waals surface area (Å²) in [7, 11) is 1.92. The molecular formula is C13H23N5O. The smallest absolute Gasteiger partial charge is 0.224 e. The number of nitrogens with two attached hydrogens (primary N) is 1. The van der Waals surface area contributed by atoms with Gasteiger partial charge in [0, 0.05) is 64.0 Å². The lowest BCUT2D eigenvalue weighted by Gasteiger charge is -2.34. The Kier molecular flexibility index (Phi) is 4.55. The molecule has 6 heteroatoms. The Hall–Kier alpha value is -1.40. The highest BCUT2D eigenvalue weighted by Gasteiger charge is 2.21. The van der Waals surface area contributed by atoms with E-state index in [4.69, 9.17) is 5.73 Å². The highest BCUT2D eigenvalue weighted by molar-refractivity contribution is 5.76. The minimum absolute atomic E-state index is 0.0547. The lowest BCUT2D eigenvalue weighted by atomic mass is 10.2. The molecule has 2 heterocycles. The van der Waals surface area contributed by atoms with Crippen molar-refractivity contribution < 1.29 is 4.79 Å². The summed E-state index contributed by atoms with van der Waals surface area (Å²) < 4.78 is 1.82. The molecule has 1 amide bonds. The zero-order valence-electron chi connectivity index (χ0n) is 11.7. The van der Waals surface area contributed by atoms with Crippen LogP contribution >= 0.6 is 0 Å². The van der Waals surface area contributed by atoms with E-state index in [0.29, 0.717) is 6.42 Å². The van der Waals surface area contributed by atoms with Gasteiger partial charge in [-0.05, 0) is 6.92 Å². The van der Waals surface area contributed by atoms with Gasteiger partial charge in [-0.25, -0.2) is 0 Å². The quantitative estimate of drug-likeness (QED) is 0.819. The Morgan fingerprint density at radius 3 is 2.63 bits per heavy atom. The van der Waals surface area contributed by atoms with Gasteiger partial charge in [0.2, 0.25) is 5.91 Å². The number of aromatic nitrogens is 2. The second kappa shape index (κ2) is 6.16. The van der Waals surface area contributed by atoms with Crippen LogP contribution in [0.2, 0.25) is 0 Å². The Balaban J connectivity index is 1.77. The number of nitrogens with zero attached hydrogens (tertiary/aromatic N) is 4. The number of rotatable bonds is 4. The minimum Gasteiger partial charge on any atom is -0.340 e. The van der Waals surface area contributed by atoms with Crippen molar-refractivity contribution in [3.05, 3.63) is 18.0 Å². The fourth-order valence-corrected chi connectivity index (χ4v) is 2.37. The molecule has 0 radical (unpaired) electrons. The molecule has 6 nitrogen and oxygen atoms in total. The summed E-state index contributed by atoms with van der Waals surface area (Å²) in [5.41, 5.74) is 6.88. The number of carbonyl (C=O) groups is 1. The van der Waals surface area contributed by atoms with E-state index < -0.39 is 0 Å². The maximum absolute atomic E-state index is 11.9. The third-order valence-electron chi connectivity index (χ3n) is 3.39. The second-order valence-electron chi connectivity index (χ2n) is 5.36. The molecule has 0 aromatic carbocycles. The zero-order valence-corrected chi connectivity index (χ0v) is 11.7. The number of aryl methyl sites for hydroxylation is 1. The Bertz CT molecular complexity index is 420. The van der Waals surface area contributed by atoms with Crippen LogP contribution in [0.25, 0.3) is 0 Å². The van der Waals surface area contributed by atoms with Crippen molar-refractivity contribution in [2.75, 3.05) is 26.2 Å². The molecule has 1 fully saturated rings. The van der Waals surface area contributed by atoms with Crippen molar-refractivity contribution in [3.63, 3.8) is 0 Å². The standard InChI is InChI=1S/C13H23N5O/c1-11(14)7-13(19)18-5-3-17(4-6-18)10-12-8-15-16(2)9-12/h8-9,11H,3-7,10,14H2,1-2H3. The van der Waals surface area contributed by atoms with Gasteiger partial charge < -0.3 is 10.6 Å². The van der Waals surface area contributed by atoms with E-state index in [1.807, 2.05) is 35.9 Å². The van der Waals surface area contributed by atoms with Crippen molar-refractivity contribution in [1.29, 1.82) is 0 Å². The maximum atomic E-state index is 11.9. The lowest BCUT2D eigenvalue weighted by Crippen LogP contribution is -2.49. The van der Waals surface area contributed by atoms with E-state index in [2.05, 4.69) is 10.00 Å². The Morgan fingerprint density at radius 1 is 1.42 bits per heavy atom. The van der Waals surface area contributed by atoms with Crippen molar-refractivity contribution in [2.24, 2.45) is 12.8 Å². The lowest BCUT2D eigenvalue weighted by molar-refractivity contribution is -0.133. The Morgan fingerprint density at radius 2 is 2.11 bits per heavy atom. The van der Waals surface area contributed by atoms with E-state index in [1.165, 1.54) is 5.56 Å². The SMILES string of the molecule is CC(N)CC(=O)N1CCN(Cc2cnn(C)c2)CC1. The predicted molar refractivity (Wildman–Crippen MR) is 73.3 cm³/mol.